The van der Waals surface area contributed by atoms with Crippen molar-refractivity contribution in [3.63, 3.8) is 0 Å². The first kappa shape index (κ1) is 23.2. The lowest BCUT2D eigenvalue weighted by Gasteiger charge is -2.24. The van der Waals surface area contributed by atoms with Crippen LogP contribution in [0.5, 0.6) is 0 Å². The van der Waals surface area contributed by atoms with Crippen LogP contribution in [0.15, 0.2) is 58.1 Å². The average molecular weight is 461 g/mol. The number of carbonyl (C=O) groups excluding carboxylic acids is 1. The number of aromatic amines is 1. The fourth-order valence-electron chi connectivity index (χ4n) is 3.25. The van der Waals surface area contributed by atoms with Crippen LogP contribution in [-0.4, -0.2) is 35.7 Å². The summed E-state index contributed by atoms with van der Waals surface area (Å²) >= 11 is 6.05. The Morgan fingerprint density at radius 2 is 1.91 bits per heavy atom. The summed E-state index contributed by atoms with van der Waals surface area (Å²) in [6.07, 6.45) is -0.411. The van der Waals surface area contributed by atoms with E-state index in [1.807, 2.05) is 6.07 Å². The van der Waals surface area contributed by atoms with Gasteiger partial charge in [0, 0.05) is 24.2 Å². The molecule has 0 unspecified atom stereocenters. The Morgan fingerprint density at radius 1 is 1.19 bits per heavy atom. The number of nitrogens with two attached hydrogens (primary N) is 1. The molecule has 0 atom stereocenters. The number of hydrogen-bond acceptors (Lipinski definition) is 5. The molecule has 3 rings (SSSR count). The topological polar surface area (TPSA) is 110 Å². The molecule has 2 aromatic carbocycles. The number of amides is 1. The highest BCUT2D eigenvalue weighted by atomic mass is 35.5. The molecule has 168 valence electrons. The number of hydrogen-bond donors (Lipinski definition) is 2. The van der Waals surface area contributed by atoms with Crippen LogP contribution in [0.2, 0.25) is 5.02 Å². The molecule has 3 aromatic rings. The third-order valence-electron chi connectivity index (χ3n) is 4.88. The molecule has 10 heteroatoms. The second-order valence-electron chi connectivity index (χ2n) is 6.98. The van der Waals surface area contributed by atoms with Crippen LogP contribution in [0.1, 0.15) is 11.1 Å². The van der Waals surface area contributed by atoms with Gasteiger partial charge in [0.2, 0.25) is 5.91 Å². The van der Waals surface area contributed by atoms with Gasteiger partial charge in [0.25, 0.3) is 5.56 Å². The minimum absolute atomic E-state index is 0.00538. The smallest absolute Gasteiger partial charge is 0.330 e. The quantitative estimate of drug-likeness (QED) is 0.535. The predicted octanol–water partition coefficient (Wildman–Crippen LogP) is 2.18. The Kier molecular flexibility index (Phi) is 7.45. The lowest BCUT2D eigenvalue weighted by Crippen LogP contribution is -2.43. The van der Waals surface area contributed by atoms with E-state index in [0.717, 1.165) is 15.0 Å². The summed E-state index contributed by atoms with van der Waals surface area (Å²) in [5.41, 5.74) is 5.21. The van der Waals surface area contributed by atoms with Gasteiger partial charge in [0.15, 0.2) is 5.69 Å². The molecule has 1 amide bonds. The molecule has 0 bridgehead atoms. The van der Waals surface area contributed by atoms with Gasteiger partial charge in [-0.25, -0.2) is 9.18 Å². The molecule has 0 aliphatic rings. The number of halogens is 2. The molecule has 0 saturated carbocycles. The number of methoxy groups -OCH3 is 1. The van der Waals surface area contributed by atoms with E-state index in [2.05, 4.69) is 4.98 Å². The number of anilines is 2. The van der Waals surface area contributed by atoms with Gasteiger partial charge in [-0.15, -0.1) is 0 Å². The first-order valence-corrected chi connectivity index (χ1v) is 10.1. The summed E-state index contributed by atoms with van der Waals surface area (Å²) in [4.78, 5) is 41.5. The van der Waals surface area contributed by atoms with E-state index < -0.39 is 29.4 Å². The number of benzene rings is 2. The van der Waals surface area contributed by atoms with Crippen molar-refractivity contribution in [2.75, 3.05) is 30.9 Å². The number of nitrogen functional groups attached to an aromatic ring is 1. The van der Waals surface area contributed by atoms with Crippen molar-refractivity contribution >= 4 is 29.0 Å². The van der Waals surface area contributed by atoms with Gasteiger partial charge in [-0.2, -0.15) is 0 Å². The van der Waals surface area contributed by atoms with E-state index in [0.29, 0.717) is 0 Å². The van der Waals surface area contributed by atoms with Gasteiger partial charge in [-0.3, -0.25) is 19.1 Å². The normalized spacial score (nSPS) is 10.8. The second kappa shape index (κ2) is 10.3. The minimum atomic E-state index is -0.833. The zero-order valence-corrected chi connectivity index (χ0v) is 18.1. The van der Waals surface area contributed by atoms with Crippen molar-refractivity contribution in [2.24, 2.45) is 0 Å². The summed E-state index contributed by atoms with van der Waals surface area (Å²) in [5, 5.41) is 0.0842. The van der Waals surface area contributed by atoms with Gasteiger partial charge in [-0.1, -0.05) is 48.0 Å². The standard InChI is InChI=1S/C22H22ClFN4O4/c1-32-11-10-27(18(29)12-15-16(23)8-5-9-17(15)24)19-20(25)28(22(31)26-21(19)30)13-14-6-3-2-4-7-14/h2-9H,10-13,25H2,1H3,(H,26,30,31). The first-order valence-electron chi connectivity index (χ1n) is 9.72. The number of nitrogens with zero attached hydrogens (tertiary/aromatic N) is 2. The summed E-state index contributed by atoms with van der Waals surface area (Å²) in [6, 6.07) is 13.1. The van der Waals surface area contributed by atoms with Crippen LogP contribution < -0.4 is 21.9 Å². The molecule has 0 saturated heterocycles. The Labute approximate surface area is 188 Å². The van der Waals surface area contributed by atoms with E-state index >= 15 is 0 Å². The predicted molar refractivity (Wildman–Crippen MR) is 121 cm³/mol. The molecule has 0 fully saturated rings. The number of aromatic nitrogens is 2. The highest BCUT2D eigenvalue weighted by Gasteiger charge is 2.25. The number of rotatable bonds is 8. The molecule has 0 radical (unpaired) electrons. The lowest BCUT2D eigenvalue weighted by molar-refractivity contribution is -0.118. The number of ether oxygens (including phenoxy) is 1. The van der Waals surface area contributed by atoms with Crippen LogP contribution in [0.3, 0.4) is 0 Å². The molecule has 3 N–H and O–H groups in total. The third kappa shape index (κ3) is 5.06. The molecule has 1 heterocycles. The molecule has 8 nitrogen and oxygen atoms in total. The van der Waals surface area contributed by atoms with Crippen molar-refractivity contribution in [1.29, 1.82) is 0 Å². The van der Waals surface area contributed by atoms with Gasteiger partial charge >= 0.3 is 5.69 Å². The Balaban J connectivity index is 2.05. The summed E-state index contributed by atoms with van der Waals surface area (Å²) in [5.74, 6) is -1.46. The van der Waals surface area contributed by atoms with Crippen molar-refractivity contribution < 1.29 is 13.9 Å². The maximum absolute atomic E-state index is 14.2. The van der Waals surface area contributed by atoms with Crippen LogP contribution >= 0.6 is 11.6 Å². The van der Waals surface area contributed by atoms with Gasteiger partial charge in [0.1, 0.15) is 11.6 Å². The number of H-pyrrole nitrogens is 1. The Bertz CT molecular complexity index is 1210. The van der Waals surface area contributed by atoms with Crippen LogP contribution in [0.25, 0.3) is 0 Å². The molecular formula is C22H22ClFN4O4. The number of carbonyl (C=O) groups is 1. The van der Waals surface area contributed by atoms with Crippen molar-refractivity contribution in [2.45, 2.75) is 13.0 Å². The fourth-order valence-corrected chi connectivity index (χ4v) is 3.48. The fraction of sp³-hybridized carbons (Fsp3) is 0.227. The minimum Gasteiger partial charge on any atom is -0.383 e. The number of nitrogens with one attached hydrogen (secondary N) is 1. The Morgan fingerprint density at radius 3 is 2.56 bits per heavy atom. The summed E-state index contributed by atoms with van der Waals surface area (Å²) in [7, 11) is 1.43. The van der Waals surface area contributed by atoms with Crippen LogP contribution in [0, 0.1) is 5.82 Å². The SMILES string of the molecule is COCCN(C(=O)Cc1c(F)cccc1Cl)c1c(N)n(Cc2ccccc2)c(=O)[nH]c1=O. The zero-order valence-electron chi connectivity index (χ0n) is 17.3. The van der Waals surface area contributed by atoms with Crippen LogP contribution in [0.4, 0.5) is 15.9 Å². The molecule has 0 aliphatic carbocycles. The van der Waals surface area contributed by atoms with Gasteiger partial charge < -0.3 is 15.4 Å². The third-order valence-corrected chi connectivity index (χ3v) is 5.23. The maximum Gasteiger partial charge on any atom is 0.330 e. The lowest BCUT2D eigenvalue weighted by atomic mass is 10.1. The summed E-state index contributed by atoms with van der Waals surface area (Å²) in [6.45, 7) is 0.117. The second-order valence-corrected chi connectivity index (χ2v) is 7.39. The van der Waals surface area contributed by atoms with E-state index in [1.165, 1.54) is 25.3 Å². The highest BCUT2D eigenvalue weighted by molar-refractivity contribution is 6.31. The molecule has 0 aliphatic heterocycles. The van der Waals surface area contributed by atoms with Crippen LogP contribution in [-0.2, 0) is 22.5 Å². The van der Waals surface area contributed by atoms with E-state index in [-0.39, 0.29) is 41.8 Å². The molecular weight excluding hydrogens is 439 g/mol. The molecule has 0 spiro atoms. The van der Waals surface area contributed by atoms with Crippen molar-refractivity contribution in [3.05, 3.63) is 91.3 Å². The zero-order chi connectivity index (χ0) is 23.3. The maximum atomic E-state index is 14.2. The first-order chi connectivity index (χ1) is 15.3. The average Bonchev–Trinajstić information content (AvgIpc) is 2.76. The highest BCUT2D eigenvalue weighted by Crippen LogP contribution is 2.23. The molecule has 1 aromatic heterocycles. The van der Waals surface area contributed by atoms with Crippen molar-refractivity contribution in [1.82, 2.24) is 9.55 Å². The monoisotopic (exact) mass is 460 g/mol. The van der Waals surface area contributed by atoms with E-state index in [1.54, 1.807) is 24.3 Å². The molecule has 32 heavy (non-hydrogen) atoms. The van der Waals surface area contributed by atoms with Crippen molar-refractivity contribution in [3.8, 4) is 0 Å². The summed E-state index contributed by atoms with van der Waals surface area (Å²) < 4.78 is 20.4. The van der Waals surface area contributed by atoms with E-state index in [4.69, 9.17) is 22.1 Å². The largest absolute Gasteiger partial charge is 0.383 e. The van der Waals surface area contributed by atoms with Gasteiger partial charge in [0.05, 0.1) is 19.6 Å². The van der Waals surface area contributed by atoms with E-state index in [9.17, 15) is 18.8 Å². The Hall–Kier alpha value is -3.43. The van der Waals surface area contributed by atoms with Gasteiger partial charge in [-0.05, 0) is 17.7 Å².